The maximum absolute atomic E-state index is 13.3. The summed E-state index contributed by atoms with van der Waals surface area (Å²) in [4.78, 5) is 26.2. The summed E-state index contributed by atoms with van der Waals surface area (Å²) in [5, 5.41) is 11.8. The summed E-state index contributed by atoms with van der Waals surface area (Å²) >= 11 is 1.41. The van der Waals surface area contributed by atoms with Crippen LogP contribution in [0.5, 0.6) is 0 Å². The van der Waals surface area contributed by atoms with E-state index in [4.69, 9.17) is 0 Å². The molecule has 0 spiro atoms. The molecule has 1 fully saturated rings. The highest BCUT2D eigenvalue weighted by Crippen LogP contribution is 2.22. The molecular weight excluding hydrogens is 405 g/mol. The fraction of sp³-hybridized carbons (Fsp3) is 0.238. The first-order valence-electron chi connectivity index (χ1n) is 9.49. The van der Waals surface area contributed by atoms with Gasteiger partial charge in [0.2, 0.25) is 5.91 Å². The standard InChI is InChI=1S/C21H20FN5O2S/c1-30-21-25-24-18(27(21)17-10-6-15(22)7-11-17)13-23-20(29)14-4-8-16(9-5-14)26-12-2-3-19(26)28/h4-11H,2-3,12-13H2,1H3,(H,23,29). The number of halogens is 1. The van der Waals surface area contributed by atoms with E-state index in [1.165, 1.54) is 23.9 Å². The van der Waals surface area contributed by atoms with E-state index in [2.05, 4.69) is 15.5 Å². The molecule has 0 unspecified atom stereocenters. The highest BCUT2D eigenvalue weighted by Gasteiger charge is 2.22. The van der Waals surface area contributed by atoms with E-state index in [-0.39, 0.29) is 24.2 Å². The van der Waals surface area contributed by atoms with E-state index in [0.717, 1.165) is 17.8 Å². The zero-order chi connectivity index (χ0) is 21.1. The molecule has 0 aliphatic carbocycles. The van der Waals surface area contributed by atoms with Gasteiger partial charge in [-0.05, 0) is 61.2 Å². The van der Waals surface area contributed by atoms with E-state index in [0.29, 0.717) is 29.5 Å². The van der Waals surface area contributed by atoms with Crippen LogP contribution in [0.25, 0.3) is 5.69 Å². The predicted molar refractivity (Wildman–Crippen MR) is 112 cm³/mol. The molecule has 0 saturated carbocycles. The third-order valence-corrected chi connectivity index (χ3v) is 5.52. The zero-order valence-corrected chi connectivity index (χ0v) is 17.2. The number of hydrogen-bond acceptors (Lipinski definition) is 5. The van der Waals surface area contributed by atoms with Gasteiger partial charge in [-0.3, -0.25) is 14.2 Å². The highest BCUT2D eigenvalue weighted by atomic mass is 32.2. The Balaban J connectivity index is 1.47. The Morgan fingerprint density at radius 3 is 2.43 bits per heavy atom. The average Bonchev–Trinajstić information content (AvgIpc) is 3.38. The first-order valence-corrected chi connectivity index (χ1v) is 10.7. The van der Waals surface area contributed by atoms with Crippen molar-refractivity contribution < 1.29 is 14.0 Å². The Morgan fingerprint density at radius 2 is 1.80 bits per heavy atom. The molecule has 0 atom stereocenters. The number of rotatable bonds is 6. The molecule has 1 aliphatic rings. The molecule has 0 bridgehead atoms. The van der Waals surface area contributed by atoms with Gasteiger partial charge in [0.1, 0.15) is 5.82 Å². The summed E-state index contributed by atoms with van der Waals surface area (Å²) in [7, 11) is 0. The Labute approximate surface area is 177 Å². The van der Waals surface area contributed by atoms with Crippen molar-refractivity contribution in [2.45, 2.75) is 24.5 Å². The molecule has 154 valence electrons. The van der Waals surface area contributed by atoms with E-state index >= 15 is 0 Å². The van der Waals surface area contributed by atoms with Crippen molar-refractivity contribution in [2.75, 3.05) is 17.7 Å². The molecule has 1 N–H and O–H groups in total. The molecule has 0 radical (unpaired) electrons. The van der Waals surface area contributed by atoms with Crippen molar-refractivity contribution in [3.8, 4) is 5.69 Å². The van der Waals surface area contributed by atoms with Crippen LogP contribution in [0.2, 0.25) is 0 Å². The lowest BCUT2D eigenvalue weighted by molar-refractivity contribution is -0.117. The van der Waals surface area contributed by atoms with Crippen LogP contribution in [0, 0.1) is 5.82 Å². The topological polar surface area (TPSA) is 80.1 Å². The SMILES string of the molecule is CSc1nnc(CNC(=O)c2ccc(N3CCCC3=O)cc2)n1-c1ccc(F)cc1. The van der Waals surface area contributed by atoms with Crippen LogP contribution in [0.3, 0.4) is 0 Å². The van der Waals surface area contributed by atoms with Gasteiger partial charge in [-0.15, -0.1) is 10.2 Å². The van der Waals surface area contributed by atoms with Crippen molar-refractivity contribution in [1.29, 1.82) is 0 Å². The fourth-order valence-electron chi connectivity index (χ4n) is 3.37. The third kappa shape index (κ3) is 4.06. The van der Waals surface area contributed by atoms with Crippen LogP contribution in [0.15, 0.2) is 53.7 Å². The van der Waals surface area contributed by atoms with Crippen molar-refractivity contribution in [1.82, 2.24) is 20.1 Å². The van der Waals surface area contributed by atoms with Gasteiger partial charge in [0.05, 0.1) is 6.54 Å². The largest absolute Gasteiger partial charge is 0.345 e. The summed E-state index contributed by atoms with van der Waals surface area (Å²) < 4.78 is 15.1. The zero-order valence-electron chi connectivity index (χ0n) is 16.3. The maximum Gasteiger partial charge on any atom is 0.251 e. The number of thioether (sulfide) groups is 1. The first kappa shape index (κ1) is 20.1. The van der Waals surface area contributed by atoms with Gasteiger partial charge in [0, 0.05) is 29.9 Å². The second-order valence-corrected chi connectivity index (χ2v) is 7.57. The molecule has 30 heavy (non-hydrogen) atoms. The minimum absolute atomic E-state index is 0.108. The molecule has 1 aliphatic heterocycles. The van der Waals surface area contributed by atoms with Gasteiger partial charge in [-0.2, -0.15) is 0 Å². The van der Waals surface area contributed by atoms with Crippen molar-refractivity contribution in [3.63, 3.8) is 0 Å². The molecule has 4 rings (SSSR count). The number of nitrogens with zero attached hydrogens (tertiary/aromatic N) is 4. The summed E-state index contributed by atoms with van der Waals surface area (Å²) in [6, 6.07) is 13.0. The number of amides is 2. The third-order valence-electron chi connectivity index (χ3n) is 4.89. The van der Waals surface area contributed by atoms with Crippen LogP contribution in [0.1, 0.15) is 29.0 Å². The second kappa shape index (κ2) is 8.66. The van der Waals surface area contributed by atoms with Gasteiger partial charge in [0.25, 0.3) is 5.91 Å². The van der Waals surface area contributed by atoms with Crippen molar-refractivity contribution in [3.05, 3.63) is 65.7 Å². The molecule has 3 aromatic rings. The van der Waals surface area contributed by atoms with Crippen LogP contribution in [-0.2, 0) is 11.3 Å². The van der Waals surface area contributed by atoms with E-state index in [1.54, 1.807) is 45.9 Å². The van der Waals surface area contributed by atoms with E-state index < -0.39 is 0 Å². The lowest BCUT2D eigenvalue weighted by Crippen LogP contribution is -2.25. The molecule has 1 aromatic heterocycles. The van der Waals surface area contributed by atoms with Crippen LogP contribution in [-0.4, -0.2) is 39.4 Å². The molecule has 2 amide bonds. The lowest BCUT2D eigenvalue weighted by atomic mass is 10.2. The molecule has 2 heterocycles. The Bertz CT molecular complexity index is 1070. The summed E-state index contributed by atoms with van der Waals surface area (Å²) in [5.41, 5.74) is 2.01. The number of anilines is 1. The number of carbonyl (C=O) groups excluding carboxylic acids is 2. The minimum atomic E-state index is -0.327. The van der Waals surface area contributed by atoms with E-state index in [1.807, 2.05) is 6.26 Å². The number of hydrogen-bond donors (Lipinski definition) is 1. The molecule has 2 aromatic carbocycles. The fourth-order valence-corrected chi connectivity index (χ4v) is 3.89. The Kier molecular flexibility index (Phi) is 5.80. The van der Waals surface area contributed by atoms with Gasteiger partial charge in [0.15, 0.2) is 11.0 Å². The van der Waals surface area contributed by atoms with Crippen molar-refractivity contribution in [2.24, 2.45) is 0 Å². The lowest BCUT2D eigenvalue weighted by Gasteiger charge is -2.16. The molecular formula is C21H20FN5O2S. The minimum Gasteiger partial charge on any atom is -0.345 e. The smallest absolute Gasteiger partial charge is 0.251 e. The van der Waals surface area contributed by atoms with Crippen LogP contribution < -0.4 is 10.2 Å². The van der Waals surface area contributed by atoms with Gasteiger partial charge < -0.3 is 10.2 Å². The summed E-state index contributed by atoms with van der Waals surface area (Å²) in [6.07, 6.45) is 3.29. The van der Waals surface area contributed by atoms with E-state index in [9.17, 15) is 14.0 Å². The molecule has 9 heteroatoms. The summed E-state index contributed by atoms with van der Waals surface area (Å²) in [6.45, 7) is 0.872. The van der Waals surface area contributed by atoms with Gasteiger partial charge >= 0.3 is 0 Å². The summed E-state index contributed by atoms with van der Waals surface area (Å²) in [5.74, 6) is 0.0654. The monoisotopic (exact) mass is 425 g/mol. The number of benzene rings is 2. The molecule has 1 saturated heterocycles. The highest BCUT2D eigenvalue weighted by molar-refractivity contribution is 7.98. The number of nitrogens with one attached hydrogen (secondary N) is 1. The van der Waals surface area contributed by atoms with Crippen molar-refractivity contribution >= 4 is 29.3 Å². The normalized spacial score (nSPS) is 13.7. The Morgan fingerprint density at radius 1 is 1.10 bits per heavy atom. The van der Waals surface area contributed by atoms with Crippen LogP contribution in [0.4, 0.5) is 10.1 Å². The van der Waals surface area contributed by atoms with Gasteiger partial charge in [-0.1, -0.05) is 11.8 Å². The quantitative estimate of drug-likeness (QED) is 0.614. The first-order chi connectivity index (χ1) is 14.6. The van der Waals surface area contributed by atoms with Crippen LogP contribution >= 0.6 is 11.8 Å². The number of aromatic nitrogens is 3. The average molecular weight is 425 g/mol. The number of carbonyl (C=O) groups is 2. The molecule has 7 nitrogen and oxygen atoms in total. The maximum atomic E-state index is 13.3. The Hall–Kier alpha value is -3.20. The second-order valence-electron chi connectivity index (χ2n) is 6.79. The predicted octanol–water partition coefficient (Wildman–Crippen LogP) is 3.19. The van der Waals surface area contributed by atoms with Gasteiger partial charge in [-0.25, -0.2) is 4.39 Å².